The summed E-state index contributed by atoms with van der Waals surface area (Å²) in [7, 11) is 1.63. The minimum absolute atomic E-state index is 0.0330. The smallest absolute Gasteiger partial charge is 0.425 e. The van der Waals surface area contributed by atoms with Gasteiger partial charge < -0.3 is 15.4 Å². The highest BCUT2D eigenvalue weighted by atomic mass is 79.9. The fourth-order valence-electron chi connectivity index (χ4n) is 1.90. The van der Waals surface area contributed by atoms with Gasteiger partial charge in [-0.1, -0.05) is 0 Å². The van der Waals surface area contributed by atoms with Gasteiger partial charge in [0.05, 0.1) is 4.47 Å². The molecular formula is C12H12BrF3N2O2. The Hall–Kier alpha value is -1.28. The Morgan fingerprint density at radius 3 is 2.65 bits per heavy atom. The minimum atomic E-state index is -4.45. The number of fused-ring (bicyclic) bond motifs is 1. The highest BCUT2D eigenvalue weighted by molar-refractivity contribution is 9.10. The van der Waals surface area contributed by atoms with Crippen LogP contribution in [0.25, 0.3) is 0 Å². The number of carbonyl (C=O) groups is 1. The summed E-state index contributed by atoms with van der Waals surface area (Å²) in [5.41, 5.74) is 1.11. The quantitative estimate of drug-likeness (QED) is 0.879. The Morgan fingerprint density at radius 1 is 1.45 bits per heavy atom. The van der Waals surface area contributed by atoms with Crippen molar-refractivity contribution < 1.29 is 22.7 Å². The van der Waals surface area contributed by atoms with Crippen LogP contribution in [0.3, 0.4) is 0 Å². The maximum atomic E-state index is 12.5. The molecule has 0 radical (unpaired) electrons. The third-order valence-corrected chi connectivity index (χ3v) is 3.61. The van der Waals surface area contributed by atoms with Gasteiger partial charge >= 0.3 is 6.18 Å². The molecule has 8 heteroatoms. The maximum Gasteiger partial charge on any atom is 0.425 e. The van der Waals surface area contributed by atoms with Gasteiger partial charge in [-0.3, -0.25) is 4.79 Å². The summed E-state index contributed by atoms with van der Waals surface area (Å²) in [6, 6.07) is 2.44. The van der Waals surface area contributed by atoms with Crippen molar-refractivity contribution in [2.45, 2.75) is 25.2 Å². The summed E-state index contributed by atoms with van der Waals surface area (Å²) in [5.74, 6) is -0.221. The van der Waals surface area contributed by atoms with Crippen LogP contribution in [0.2, 0.25) is 0 Å². The monoisotopic (exact) mass is 352 g/mol. The number of carbonyl (C=O) groups excluding carboxylic acids is 1. The van der Waals surface area contributed by atoms with Crippen LogP contribution in [-0.4, -0.2) is 25.2 Å². The molecule has 2 unspecified atom stereocenters. The molecule has 1 aromatic rings. The molecule has 0 aliphatic carbocycles. The van der Waals surface area contributed by atoms with Gasteiger partial charge in [0.1, 0.15) is 11.8 Å². The normalized spacial score (nSPS) is 19.5. The number of ether oxygens (including phenoxy) is 1. The topological polar surface area (TPSA) is 50.4 Å². The van der Waals surface area contributed by atoms with E-state index in [0.717, 1.165) is 6.92 Å². The summed E-state index contributed by atoms with van der Waals surface area (Å²) in [5, 5.41) is 5.42. The lowest BCUT2D eigenvalue weighted by Crippen LogP contribution is -2.31. The molecule has 1 aliphatic heterocycles. The zero-order valence-electron chi connectivity index (χ0n) is 10.6. The number of nitrogens with one attached hydrogen (secondary N) is 2. The molecule has 1 amide bonds. The third-order valence-electron chi connectivity index (χ3n) is 2.99. The van der Waals surface area contributed by atoms with E-state index in [1.807, 2.05) is 0 Å². The average Bonchev–Trinajstić information content (AvgIpc) is 2.63. The average molecular weight is 353 g/mol. The number of benzene rings is 1. The van der Waals surface area contributed by atoms with E-state index in [4.69, 9.17) is 4.74 Å². The lowest BCUT2D eigenvalue weighted by atomic mass is 10.1. The number of amides is 1. The van der Waals surface area contributed by atoms with E-state index in [0.29, 0.717) is 15.7 Å². The Morgan fingerprint density at radius 2 is 2.10 bits per heavy atom. The van der Waals surface area contributed by atoms with Crippen molar-refractivity contribution in [1.82, 2.24) is 5.32 Å². The first-order valence-corrected chi connectivity index (χ1v) is 6.58. The van der Waals surface area contributed by atoms with E-state index in [9.17, 15) is 18.0 Å². The molecule has 110 valence electrons. The summed E-state index contributed by atoms with van der Waals surface area (Å²) in [6.45, 7) is 0.925. The lowest BCUT2D eigenvalue weighted by molar-refractivity contribution is -0.189. The SMILES string of the molecule is CNC1C(=O)Nc2cc(OC(C)C(F)(F)F)c(Br)cc21. The molecule has 0 spiro atoms. The number of hydrogen-bond donors (Lipinski definition) is 2. The Labute approximate surface area is 121 Å². The molecule has 2 rings (SSSR count). The summed E-state index contributed by atoms with van der Waals surface area (Å²) < 4.78 is 42.8. The fraction of sp³-hybridized carbons (Fsp3) is 0.417. The number of alkyl halides is 3. The molecular weight excluding hydrogens is 341 g/mol. The van der Waals surface area contributed by atoms with Crippen molar-refractivity contribution in [3.63, 3.8) is 0 Å². The Kier molecular flexibility index (Phi) is 3.97. The van der Waals surface area contributed by atoms with E-state index < -0.39 is 18.3 Å². The van der Waals surface area contributed by atoms with Crippen LogP contribution in [0.1, 0.15) is 18.5 Å². The summed E-state index contributed by atoms with van der Waals surface area (Å²) >= 11 is 3.16. The molecule has 0 saturated heterocycles. The highest BCUT2D eigenvalue weighted by Crippen LogP contribution is 2.39. The first kappa shape index (κ1) is 15.1. The predicted molar refractivity (Wildman–Crippen MR) is 70.7 cm³/mol. The van der Waals surface area contributed by atoms with Gasteiger partial charge in [-0.05, 0) is 36.0 Å². The Bertz CT molecular complexity index is 548. The largest absolute Gasteiger partial charge is 0.480 e. The summed E-state index contributed by atoms with van der Waals surface area (Å²) in [6.07, 6.45) is -6.39. The number of likely N-dealkylation sites (N-methyl/N-ethyl adjacent to an activating group) is 1. The molecule has 1 heterocycles. The second-order valence-electron chi connectivity index (χ2n) is 4.38. The van der Waals surface area contributed by atoms with Crippen LogP contribution < -0.4 is 15.4 Å². The van der Waals surface area contributed by atoms with Gasteiger partial charge in [-0.2, -0.15) is 13.2 Å². The molecule has 0 fully saturated rings. The van der Waals surface area contributed by atoms with Gasteiger partial charge in [-0.15, -0.1) is 0 Å². The van der Waals surface area contributed by atoms with E-state index >= 15 is 0 Å². The first-order valence-electron chi connectivity index (χ1n) is 5.79. The predicted octanol–water partition coefficient (Wildman–Crippen LogP) is 2.99. The molecule has 1 aromatic carbocycles. The van der Waals surface area contributed by atoms with Crippen LogP contribution in [0.5, 0.6) is 5.75 Å². The van der Waals surface area contributed by atoms with E-state index in [-0.39, 0.29) is 11.7 Å². The van der Waals surface area contributed by atoms with Crippen molar-refractivity contribution in [3.8, 4) is 5.75 Å². The molecule has 0 bridgehead atoms. The lowest BCUT2D eigenvalue weighted by Gasteiger charge is -2.19. The second kappa shape index (κ2) is 5.25. The number of rotatable bonds is 3. The van der Waals surface area contributed by atoms with Gasteiger partial charge in [-0.25, -0.2) is 0 Å². The van der Waals surface area contributed by atoms with E-state index in [1.54, 1.807) is 13.1 Å². The Balaban J connectivity index is 2.31. The molecule has 0 aromatic heterocycles. The molecule has 2 atom stereocenters. The zero-order valence-corrected chi connectivity index (χ0v) is 12.2. The van der Waals surface area contributed by atoms with Crippen molar-refractivity contribution in [1.29, 1.82) is 0 Å². The van der Waals surface area contributed by atoms with E-state index in [2.05, 4.69) is 26.6 Å². The van der Waals surface area contributed by atoms with Crippen molar-refractivity contribution >= 4 is 27.5 Å². The number of halogens is 4. The van der Waals surface area contributed by atoms with Gasteiger partial charge in [0.15, 0.2) is 6.10 Å². The maximum absolute atomic E-state index is 12.5. The van der Waals surface area contributed by atoms with Crippen LogP contribution in [0.4, 0.5) is 18.9 Å². The third kappa shape index (κ3) is 2.76. The van der Waals surface area contributed by atoms with Crippen LogP contribution in [-0.2, 0) is 4.79 Å². The zero-order chi connectivity index (χ0) is 15.1. The fourth-order valence-corrected chi connectivity index (χ4v) is 2.35. The number of anilines is 1. The van der Waals surface area contributed by atoms with Gasteiger partial charge in [0, 0.05) is 17.3 Å². The first-order chi connectivity index (χ1) is 9.24. The summed E-state index contributed by atoms with van der Waals surface area (Å²) in [4.78, 5) is 11.7. The van der Waals surface area contributed by atoms with Crippen LogP contribution >= 0.6 is 15.9 Å². The van der Waals surface area contributed by atoms with E-state index in [1.165, 1.54) is 6.07 Å². The standard InChI is InChI=1S/C12H12BrF3N2O2/c1-5(12(14,15)16)20-9-4-8-6(3-7(9)13)10(17-2)11(19)18-8/h3-5,10,17H,1-2H3,(H,18,19). The van der Waals surface area contributed by atoms with Crippen molar-refractivity contribution in [3.05, 3.63) is 22.2 Å². The molecule has 1 aliphatic rings. The van der Waals surface area contributed by atoms with Crippen molar-refractivity contribution in [2.75, 3.05) is 12.4 Å². The second-order valence-corrected chi connectivity index (χ2v) is 5.24. The molecule has 4 nitrogen and oxygen atoms in total. The molecule has 2 N–H and O–H groups in total. The van der Waals surface area contributed by atoms with Crippen LogP contribution in [0.15, 0.2) is 16.6 Å². The molecule has 20 heavy (non-hydrogen) atoms. The minimum Gasteiger partial charge on any atom is -0.480 e. The van der Waals surface area contributed by atoms with Crippen molar-refractivity contribution in [2.24, 2.45) is 0 Å². The number of hydrogen-bond acceptors (Lipinski definition) is 3. The molecule has 0 saturated carbocycles. The van der Waals surface area contributed by atoms with Crippen LogP contribution in [0, 0.1) is 0 Å². The van der Waals surface area contributed by atoms with Gasteiger partial charge in [0.2, 0.25) is 5.91 Å². The highest BCUT2D eigenvalue weighted by Gasteiger charge is 2.39. The van der Waals surface area contributed by atoms with Gasteiger partial charge in [0.25, 0.3) is 0 Å².